The van der Waals surface area contributed by atoms with E-state index in [-0.39, 0.29) is 17.8 Å². The Hall–Kier alpha value is -2.40. The fourth-order valence-electron chi connectivity index (χ4n) is 2.57. The van der Waals surface area contributed by atoms with Crippen molar-refractivity contribution in [1.82, 2.24) is 14.9 Å². The van der Waals surface area contributed by atoms with E-state index >= 15 is 0 Å². The van der Waals surface area contributed by atoms with Crippen LogP contribution in [0.5, 0.6) is 0 Å². The second kappa shape index (κ2) is 7.01. The Balaban J connectivity index is 1.91. The smallest absolute Gasteiger partial charge is 0.238 e. The zero-order valence-corrected chi connectivity index (χ0v) is 13.9. The minimum absolute atomic E-state index is 0.268. The molecule has 1 amide bonds. The van der Waals surface area contributed by atoms with Gasteiger partial charge in [0.15, 0.2) is 0 Å². The van der Waals surface area contributed by atoms with Gasteiger partial charge in [0, 0.05) is 6.54 Å². The number of carbonyl (C=O) groups is 1. The fourth-order valence-corrected chi connectivity index (χ4v) is 2.63. The Morgan fingerprint density at radius 1 is 1.25 bits per heavy atom. The van der Waals surface area contributed by atoms with Crippen molar-refractivity contribution >= 4 is 28.5 Å². The van der Waals surface area contributed by atoms with E-state index in [1.807, 2.05) is 28.8 Å². The van der Waals surface area contributed by atoms with E-state index in [4.69, 9.17) is 11.6 Å². The van der Waals surface area contributed by atoms with Crippen LogP contribution < -0.4 is 5.32 Å². The summed E-state index contributed by atoms with van der Waals surface area (Å²) in [5.74, 6) is -0.585. The topological polar surface area (TPSA) is 46.9 Å². The molecular formula is C18H17ClFN3O. The Morgan fingerprint density at radius 2 is 1.96 bits per heavy atom. The first-order valence-corrected chi connectivity index (χ1v) is 8.08. The van der Waals surface area contributed by atoms with Gasteiger partial charge in [0.1, 0.15) is 11.2 Å². The summed E-state index contributed by atoms with van der Waals surface area (Å²) in [6.07, 6.45) is 1.73. The average molecular weight is 346 g/mol. The molecule has 1 heterocycles. The summed E-state index contributed by atoms with van der Waals surface area (Å²) in [5.41, 5.74) is 2.66. The van der Waals surface area contributed by atoms with Crippen LogP contribution in [0, 0.1) is 5.82 Å². The molecule has 0 saturated heterocycles. The molecular weight excluding hydrogens is 329 g/mol. The predicted molar refractivity (Wildman–Crippen MR) is 92.3 cm³/mol. The molecule has 0 aliphatic rings. The molecule has 0 fully saturated rings. The van der Waals surface area contributed by atoms with Crippen LogP contribution in [-0.2, 0) is 11.3 Å². The highest BCUT2D eigenvalue weighted by molar-refractivity contribution is 6.30. The van der Waals surface area contributed by atoms with Gasteiger partial charge in [0.05, 0.1) is 23.4 Å². The van der Waals surface area contributed by atoms with E-state index in [0.717, 1.165) is 16.6 Å². The zero-order chi connectivity index (χ0) is 17.1. The number of hydrogen-bond acceptors (Lipinski definition) is 2. The maximum Gasteiger partial charge on any atom is 0.238 e. The van der Waals surface area contributed by atoms with Crippen LogP contribution in [0.25, 0.3) is 11.0 Å². The van der Waals surface area contributed by atoms with Crippen LogP contribution in [-0.4, -0.2) is 20.8 Å². The lowest BCUT2D eigenvalue weighted by atomic mass is 10.1. The van der Waals surface area contributed by atoms with Gasteiger partial charge in [0.2, 0.25) is 5.91 Å². The third kappa shape index (κ3) is 3.57. The summed E-state index contributed by atoms with van der Waals surface area (Å²) in [6.45, 7) is 2.09. The summed E-state index contributed by atoms with van der Waals surface area (Å²) < 4.78 is 15.2. The predicted octanol–water partition coefficient (Wildman–Crippen LogP) is 3.66. The molecule has 0 radical (unpaired) electrons. The van der Waals surface area contributed by atoms with Crippen molar-refractivity contribution in [2.24, 2.45) is 0 Å². The SMILES string of the molecule is CC(Cl)C(=O)NC(Cn1cnc2ccccc21)c1ccc(F)cc1. The maximum absolute atomic E-state index is 13.2. The van der Waals surface area contributed by atoms with Crippen molar-refractivity contribution in [3.05, 3.63) is 66.2 Å². The Labute approximate surface area is 144 Å². The van der Waals surface area contributed by atoms with Crippen LogP contribution in [0.3, 0.4) is 0 Å². The number of aromatic nitrogens is 2. The number of nitrogens with zero attached hydrogens (tertiary/aromatic N) is 2. The first-order chi connectivity index (χ1) is 11.5. The largest absolute Gasteiger partial charge is 0.346 e. The number of hydrogen-bond donors (Lipinski definition) is 1. The second-order valence-electron chi connectivity index (χ2n) is 5.61. The van der Waals surface area contributed by atoms with E-state index in [1.54, 1.807) is 25.4 Å². The number of halogens is 2. The minimum Gasteiger partial charge on any atom is -0.346 e. The standard InChI is InChI=1S/C18H17ClFN3O/c1-12(19)18(24)22-16(13-6-8-14(20)9-7-13)10-23-11-21-15-4-2-3-5-17(15)23/h2-9,11-12,16H,10H2,1H3,(H,22,24). The van der Waals surface area contributed by atoms with Gasteiger partial charge < -0.3 is 9.88 Å². The number of alkyl halides is 1. The van der Waals surface area contributed by atoms with E-state index in [0.29, 0.717) is 6.54 Å². The first-order valence-electron chi connectivity index (χ1n) is 7.64. The molecule has 24 heavy (non-hydrogen) atoms. The molecule has 2 unspecified atom stereocenters. The summed E-state index contributed by atoms with van der Waals surface area (Å²) in [4.78, 5) is 16.4. The summed E-state index contributed by atoms with van der Waals surface area (Å²) in [6, 6.07) is 13.5. The number of benzene rings is 2. The third-order valence-corrected chi connectivity index (χ3v) is 4.05. The number of carbonyl (C=O) groups excluding carboxylic acids is 1. The Morgan fingerprint density at radius 3 is 2.67 bits per heavy atom. The number of para-hydroxylation sites is 2. The molecule has 3 aromatic rings. The van der Waals surface area contributed by atoms with Crippen LogP contribution in [0.1, 0.15) is 18.5 Å². The van der Waals surface area contributed by atoms with Crippen LogP contribution in [0.2, 0.25) is 0 Å². The van der Waals surface area contributed by atoms with Gasteiger partial charge in [-0.25, -0.2) is 9.37 Å². The number of fused-ring (bicyclic) bond motifs is 1. The average Bonchev–Trinajstić information content (AvgIpc) is 2.98. The molecule has 0 aliphatic heterocycles. The van der Waals surface area contributed by atoms with Crippen molar-refractivity contribution in [2.75, 3.05) is 0 Å². The number of imidazole rings is 1. The quantitative estimate of drug-likeness (QED) is 0.717. The van der Waals surface area contributed by atoms with Crippen molar-refractivity contribution in [3.8, 4) is 0 Å². The monoisotopic (exact) mass is 345 g/mol. The Bertz CT molecular complexity index is 845. The Kier molecular flexibility index (Phi) is 4.81. The number of amides is 1. The van der Waals surface area contributed by atoms with Crippen molar-refractivity contribution in [1.29, 1.82) is 0 Å². The summed E-state index contributed by atoms with van der Waals surface area (Å²) >= 11 is 5.87. The molecule has 2 aromatic carbocycles. The molecule has 0 bridgehead atoms. The molecule has 3 rings (SSSR count). The van der Waals surface area contributed by atoms with E-state index < -0.39 is 5.38 Å². The van der Waals surface area contributed by atoms with E-state index in [1.165, 1.54) is 12.1 Å². The van der Waals surface area contributed by atoms with Crippen molar-refractivity contribution < 1.29 is 9.18 Å². The van der Waals surface area contributed by atoms with Crippen LogP contribution in [0.4, 0.5) is 4.39 Å². The molecule has 124 valence electrons. The molecule has 1 N–H and O–H groups in total. The molecule has 2 atom stereocenters. The molecule has 0 saturated carbocycles. The summed E-state index contributed by atoms with van der Waals surface area (Å²) in [7, 11) is 0. The lowest BCUT2D eigenvalue weighted by Crippen LogP contribution is -2.35. The van der Waals surface area contributed by atoms with Crippen LogP contribution >= 0.6 is 11.6 Å². The molecule has 4 nitrogen and oxygen atoms in total. The third-order valence-electron chi connectivity index (χ3n) is 3.86. The van der Waals surface area contributed by atoms with E-state index in [9.17, 15) is 9.18 Å². The van der Waals surface area contributed by atoms with Gasteiger partial charge >= 0.3 is 0 Å². The fraction of sp³-hybridized carbons (Fsp3) is 0.222. The highest BCUT2D eigenvalue weighted by Crippen LogP contribution is 2.20. The van der Waals surface area contributed by atoms with Gasteiger partial charge in [-0.05, 0) is 36.8 Å². The van der Waals surface area contributed by atoms with Gasteiger partial charge in [-0.2, -0.15) is 0 Å². The zero-order valence-electron chi connectivity index (χ0n) is 13.1. The van der Waals surface area contributed by atoms with Gasteiger partial charge in [-0.3, -0.25) is 4.79 Å². The number of rotatable bonds is 5. The summed E-state index contributed by atoms with van der Waals surface area (Å²) in [5, 5.41) is 2.27. The normalized spacial score (nSPS) is 13.6. The molecule has 0 spiro atoms. The van der Waals surface area contributed by atoms with Gasteiger partial charge in [0.25, 0.3) is 0 Å². The lowest BCUT2D eigenvalue weighted by Gasteiger charge is -2.21. The van der Waals surface area contributed by atoms with E-state index in [2.05, 4.69) is 10.3 Å². The van der Waals surface area contributed by atoms with Gasteiger partial charge in [-0.15, -0.1) is 11.6 Å². The van der Waals surface area contributed by atoms with Crippen molar-refractivity contribution in [2.45, 2.75) is 24.9 Å². The van der Waals surface area contributed by atoms with Crippen LogP contribution in [0.15, 0.2) is 54.9 Å². The first kappa shape index (κ1) is 16.5. The van der Waals surface area contributed by atoms with Gasteiger partial charge in [-0.1, -0.05) is 24.3 Å². The minimum atomic E-state index is -0.646. The maximum atomic E-state index is 13.2. The van der Waals surface area contributed by atoms with Crippen molar-refractivity contribution in [3.63, 3.8) is 0 Å². The molecule has 1 aromatic heterocycles. The number of nitrogens with one attached hydrogen (secondary N) is 1. The highest BCUT2D eigenvalue weighted by Gasteiger charge is 2.19. The highest BCUT2D eigenvalue weighted by atomic mass is 35.5. The molecule has 6 heteroatoms. The second-order valence-corrected chi connectivity index (χ2v) is 6.27. The lowest BCUT2D eigenvalue weighted by molar-refractivity contribution is -0.121. The molecule has 0 aliphatic carbocycles.